The van der Waals surface area contributed by atoms with E-state index in [1.54, 1.807) is 0 Å². The summed E-state index contributed by atoms with van der Waals surface area (Å²) in [6.45, 7) is 2.01. The molecule has 4 heavy (non-hydrogen) atoms. The molecule has 0 saturated heterocycles. The molecule has 0 amide bonds. The van der Waals surface area contributed by atoms with Crippen molar-refractivity contribution in [3.63, 3.8) is 0 Å². The Morgan fingerprint density at radius 3 is 2.00 bits per heavy atom. The summed E-state index contributed by atoms with van der Waals surface area (Å²) in [5, 5.41) is 0. The van der Waals surface area contributed by atoms with Gasteiger partial charge in [0.05, 0.1) is 0 Å². The fraction of sp³-hybridized carbons (Fsp3) is 1.00. The molecule has 0 aliphatic carbocycles. The van der Waals surface area contributed by atoms with E-state index in [0.29, 0.717) is 6.44 Å². The van der Waals surface area contributed by atoms with Crippen LogP contribution in [-0.2, 0) is 0 Å². The van der Waals surface area contributed by atoms with E-state index in [4.69, 9.17) is 5.64 Å². The summed E-state index contributed by atoms with van der Waals surface area (Å²) in [6, 6.07) is 0. The van der Waals surface area contributed by atoms with E-state index < -0.39 is 0 Å². The summed E-state index contributed by atoms with van der Waals surface area (Å²) in [6.07, 6.45) is 0.472. The molecule has 24 valence electrons. The van der Waals surface area contributed by atoms with Crippen LogP contribution in [-0.4, -0.2) is 16.6 Å². The predicted molar refractivity (Wildman–Crippen MR) is 25.7 cm³/mol. The summed E-state index contributed by atoms with van der Waals surface area (Å²) in [7, 11) is 1.13. The topological polar surface area (TPSA) is 26.0 Å². The van der Waals surface area contributed by atoms with Gasteiger partial charge in [0.25, 0.3) is 0 Å². The van der Waals surface area contributed by atoms with Gasteiger partial charge in [-0.05, 0) is 10.1 Å². The van der Waals surface area contributed by atoms with Crippen LogP contribution in [0, 0.1) is 0 Å². The van der Waals surface area contributed by atoms with Gasteiger partial charge in [-0.15, -0.1) is 0 Å². The van der Waals surface area contributed by atoms with Crippen molar-refractivity contribution in [1.29, 1.82) is 0 Å². The van der Waals surface area contributed by atoms with Crippen LogP contribution in [0.25, 0.3) is 0 Å². The van der Waals surface area contributed by atoms with Crippen molar-refractivity contribution in [2.75, 3.05) is 0 Å². The number of rotatable bonds is 0. The molecular weight excluding hydrogens is 64.9 g/mol. The number of hydrogen-bond donors (Lipinski definition) is 1. The molecule has 0 aromatic heterocycles. The molecule has 0 aliphatic heterocycles. The van der Waals surface area contributed by atoms with Crippen LogP contribution in [0.3, 0.4) is 0 Å². The van der Waals surface area contributed by atoms with Crippen LogP contribution in [0.15, 0.2) is 0 Å². The van der Waals surface area contributed by atoms with E-state index in [9.17, 15) is 0 Å². The van der Waals surface area contributed by atoms with Gasteiger partial charge in [-0.1, -0.05) is 6.82 Å². The lowest BCUT2D eigenvalue weighted by Gasteiger charge is -1.73. The Kier molecular flexibility index (Phi) is 1.64. The fourth-order valence-electron chi connectivity index (χ4n) is 0. The molecule has 0 rings (SSSR count). The third-order valence-corrected chi connectivity index (χ3v) is 0. The lowest BCUT2D eigenvalue weighted by atomic mass is 10.0. The van der Waals surface area contributed by atoms with Gasteiger partial charge >= 0.3 is 0 Å². The van der Waals surface area contributed by atoms with E-state index in [1.165, 1.54) is 0 Å². The zero-order chi connectivity index (χ0) is 3.58. The zero-order valence-corrected chi connectivity index (χ0v) is 5.15. The largest absolute Gasteiger partial charge is 0.373 e. The smallest absolute Gasteiger partial charge is 0.192 e. The fourth-order valence-corrected chi connectivity index (χ4v) is 0. The van der Waals surface area contributed by atoms with Crippen LogP contribution < -0.4 is 5.64 Å². The molecular formula is CH8BNSi. The van der Waals surface area contributed by atoms with E-state index in [-0.39, 0.29) is 0 Å². The summed E-state index contributed by atoms with van der Waals surface area (Å²) in [4.78, 5) is 0. The van der Waals surface area contributed by atoms with Crippen molar-refractivity contribution in [1.82, 2.24) is 0 Å². The maximum atomic E-state index is 5.17. The molecule has 0 unspecified atom stereocenters. The first-order valence-electron chi connectivity index (χ1n) is 1.49. The van der Waals surface area contributed by atoms with Gasteiger partial charge in [0.1, 0.15) is 0 Å². The third-order valence-electron chi connectivity index (χ3n) is 0. The van der Waals surface area contributed by atoms with Crippen molar-refractivity contribution in [2.45, 2.75) is 6.82 Å². The van der Waals surface area contributed by atoms with E-state index >= 15 is 0 Å². The highest BCUT2D eigenvalue weighted by Crippen LogP contribution is 1.42. The molecule has 0 aromatic carbocycles. The van der Waals surface area contributed by atoms with E-state index in [0.717, 1.165) is 10.1 Å². The molecule has 0 heterocycles. The normalized spacial score (nSPS) is 7.50. The minimum Gasteiger partial charge on any atom is -0.373 e. The molecule has 0 aliphatic rings. The quantitative estimate of drug-likeness (QED) is 0.344. The molecule has 1 nitrogen and oxygen atoms in total. The summed E-state index contributed by atoms with van der Waals surface area (Å²) in [5.74, 6) is 0. The van der Waals surface area contributed by atoms with Gasteiger partial charge in [0.2, 0.25) is 0 Å². The molecule has 2 N–H and O–H groups in total. The van der Waals surface area contributed by atoms with Gasteiger partial charge in [-0.2, -0.15) is 0 Å². The second-order valence-corrected chi connectivity index (χ2v) is 3.07. The van der Waals surface area contributed by atoms with Crippen molar-refractivity contribution in [3.8, 4) is 0 Å². The minimum absolute atomic E-state index is 0.472. The van der Waals surface area contributed by atoms with Gasteiger partial charge in [-0.25, -0.2) is 0 Å². The van der Waals surface area contributed by atoms with Gasteiger partial charge in [0.15, 0.2) is 6.44 Å². The Bertz CT molecular complexity index is 12.8. The van der Waals surface area contributed by atoms with E-state index in [1.807, 2.05) is 6.82 Å². The SMILES string of the molecule is CB(N)[SiH3]. The Morgan fingerprint density at radius 2 is 2.00 bits per heavy atom. The summed E-state index contributed by atoms with van der Waals surface area (Å²) in [5.41, 5.74) is 5.17. The molecule has 3 heteroatoms. The van der Waals surface area contributed by atoms with Crippen molar-refractivity contribution < 1.29 is 0 Å². The first-order chi connectivity index (χ1) is 1.73. The Balaban J connectivity index is 2.32. The van der Waals surface area contributed by atoms with Crippen LogP contribution in [0.1, 0.15) is 0 Å². The van der Waals surface area contributed by atoms with Crippen LogP contribution >= 0.6 is 0 Å². The van der Waals surface area contributed by atoms with Gasteiger partial charge < -0.3 is 5.64 Å². The van der Waals surface area contributed by atoms with E-state index in [2.05, 4.69) is 0 Å². The average Bonchev–Trinajstić information content (AvgIpc) is 0.811. The standard InChI is InChI=1S/CH8BNSi/c1-2(3)4/h3H2,1,4H3. The van der Waals surface area contributed by atoms with Crippen LogP contribution in [0.2, 0.25) is 6.82 Å². The summed E-state index contributed by atoms with van der Waals surface area (Å²) < 4.78 is 0. The van der Waals surface area contributed by atoms with Crippen molar-refractivity contribution >= 4 is 16.6 Å². The Hall–Kier alpha value is 0.242. The second-order valence-electron chi connectivity index (χ2n) is 1.24. The Morgan fingerprint density at radius 1 is 2.00 bits per heavy atom. The molecule has 0 spiro atoms. The monoisotopic (exact) mass is 73.1 g/mol. The van der Waals surface area contributed by atoms with Gasteiger partial charge in [0, 0.05) is 0 Å². The molecule has 0 radical (unpaired) electrons. The van der Waals surface area contributed by atoms with Crippen LogP contribution in [0.4, 0.5) is 0 Å². The number of nitrogens with two attached hydrogens (primary N) is 1. The first-order valence-corrected chi connectivity index (χ1v) is 2.64. The van der Waals surface area contributed by atoms with Gasteiger partial charge in [-0.3, -0.25) is 0 Å². The highest BCUT2D eigenvalue weighted by Gasteiger charge is 1.77. The van der Waals surface area contributed by atoms with Crippen LogP contribution in [0.5, 0.6) is 0 Å². The molecule has 0 saturated carbocycles. The first kappa shape index (κ1) is 4.24. The lowest BCUT2D eigenvalue weighted by molar-refractivity contribution is 1.85. The minimum atomic E-state index is 0.472. The molecule has 0 fully saturated rings. The van der Waals surface area contributed by atoms with Crippen molar-refractivity contribution in [2.24, 2.45) is 5.64 Å². The average molecular weight is 73.0 g/mol. The Labute approximate surface area is 30.0 Å². The highest BCUT2D eigenvalue weighted by molar-refractivity contribution is 7.00. The maximum absolute atomic E-state index is 5.17. The molecule has 0 aromatic rings. The van der Waals surface area contributed by atoms with Crippen molar-refractivity contribution in [3.05, 3.63) is 0 Å². The second kappa shape index (κ2) is 1.55. The molecule has 0 bridgehead atoms. The third kappa shape index (κ3) is 59.1. The zero-order valence-electron chi connectivity index (χ0n) is 3.15. The molecule has 0 atom stereocenters. The predicted octanol–water partition coefficient (Wildman–Crippen LogP) is -1.57. The lowest BCUT2D eigenvalue weighted by Crippen LogP contribution is -2.20. The summed E-state index contributed by atoms with van der Waals surface area (Å²) >= 11 is 0. The number of hydrogen-bond acceptors (Lipinski definition) is 1. The highest BCUT2D eigenvalue weighted by atomic mass is 28.1. The maximum Gasteiger partial charge on any atom is 0.192 e.